The average molecular weight is 353 g/mol. The first-order valence-corrected chi connectivity index (χ1v) is 8.81. The molecule has 128 valence electrons. The van der Waals surface area contributed by atoms with Gasteiger partial charge in [0.15, 0.2) is 10.8 Å². The van der Waals surface area contributed by atoms with Crippen LogP contribution in [0.25, 0.3) is 26.7 Å². The molecule has 4 heterocycles. The van der Waals surface area contributed by atoms with Crippen molar-refractivity contribution in [1.29, 1.82) is 0 Å². The third-order valence-corrected chi connectivity index (χ3v) is 5.35. The van der Waals surface area contributed by atoms with Crippen molar-refractivity contribution in [3.05, 3.63) is 41.3 Å². The second-order valence-corrected chi connectivity index (χ2v) is 7.12. The van der Waals surface area contributed by atoms with Crippen LogP contribution in [0.1, 0.15) is 17.0 Å². The van der Waals surface area contributed by atoms with E-state index < -0.39 is 0 Å². The molecule has 0 radical (unpaired) electrons. The van der Waals surface area contributed by atoms with Crippen LogP contribution in [0.2, 0.25) is 0 Å². The van der Waals surface area contributed by atoms with Gasteiger partial charge >= 0.3 is 0 Å². The fourth-order valence-electron chi connectivity index (χ4n) is 3.16. The molecule has 0 bridgehead atoms. The van der Waals surface area contributed by atoms with Crippen LogP contribution in [0.5, 0.6) is 5.88 Å². The molecule has 0 aliphatic carbocycles. The van der Waals surface area contributed by atoms with Crippen LogP contribution in [0.3, 0.4) is 0 Å². The molecule has 0 aliphatic rings. The molecule has 6 nitrogen and oxygen atoms in total. The first-order valence-electron chi connectivity index (χ1n) is 7.99. The van der Waals surface area contributed by atoms with Crippen molar-refractivity contribution in [2.75, 3.05) is 7.11 Å². The highest BCUT2D eigenvalue weighted by atomic mass is 32.1. The van der Waals surface area contributed by atoms with Crippen LogP contribution >= 0.6 is 11.3 Å². The highest BCUT2D eigenvalue weighted by Crippen LogP contribution is 2.36. The lowest BCUT2D eigenvalue weighted by atomic mass is 10.1. The van der Waals surface area contributed by atoms with Crippen molar-refractivity contribution in [2.45, 2.75) is 20.8 Å². The first-order chi connectivity index (χ1) is 12.0. The van der Waals surface area contributed by atoms with E-state index in [1.807, 2.05) is 24.9 Å². The lowest BCUT2D eigenvalue weighted by Crippen LogP contribution is -1.99. The van der Waals surface area contributed by atoms with Crippen molar-refractivity contribution in [3.8, 4) is 22.3 Å². The number of hydrogen-bond acceptors (Lipinski definition) is 5. The highest BCUT2D eigenvalue weighted by molar-refractivity contribution is 7.20. The van der Waals surface area contributed by atoms with E-state index in [9.17, 15) is 0 Å². The van der Waals surface area contributed by atoms with Crippen LogP contribution in [-0.2, 0) is 7.05 Å². The largest absolute Gasteiger partial charge is 0.480 e. The zero-order valence-electron chi connectivity index (χ0n) is 14.9. The molecule has 0 spiro atoms. The van der Waals surface area contributed by atoms with Gasteiger partial charge in [-0.15, -0.1) is 0 Å². The lowest BCUT2D eigenvalue weighted by Gasteiger charge is -2.08. The van der Waals surface area contributed by atoms with Gasteiger partial charge in [-0.2, -0.15) is 15.1 Å². The molecule has 25 heavy (non-hydrogen) atoms. The van der Waals surface area contributed by atoms with E-state index in [4.69, 9.17) is 9.72 Å². The maximum Gasteiger partial charge on any atom is 0.224 e. The Kier molecular flexibility index (Phi) is 3.61. The van der Waals surface area contributed by atoms with Crippen molar-refractivity contribution < 1.29 is 4.74 Å². The van der Waals surface area contributed by atoms with Crippen LogP contribution in [0.15, 0.2) is 24.4 Å². The molecular formula is C18H19N5OS. The van der Waals surface area contributed by atoms with Gasteiger partial charge in [0.1, 0.15) is 0 Å². The van der Waals surface area contributed by atoms with E-state index in [2.05, 4.69) is 46.7 Å². The summed E-state index contributed by atoms with van der Waals surface area (Å²) in [6.45, 7) is 6.20. The number of thiazole rings is 1. The van der Waals surface area contributed by atoms with E-state index in [-0.39, 0.29) is 0 Å². The number of methoxy groups -OCH3 is 1. The predicted molar refractivity (Wildman–Crippen MR) is 99.7 cm³/mol. The summed E-state index contributed by atoms with van der Waals surface area (Å²) in [7, 11) is 3.56. The minimum atomic E-state index is 0.567. The number of nitrogens with zero attached hydrogens (tertiary/aromatic N) is 5. The molecule has 0 saturated heterocycles. The number of pyridine rings is 1. The Morgan fingerprint density at radius 2 is 1.80 bits per heavy atom. The van der Waals surface area contributed by atoms with Crippen LogP contribution in [-0.4, -0.2) is 31.4 Å². The molecule has 7 heteroatoms. The Balaban J connectivity index is 1.95. The standard InChI is InChI=1S/C18H19N5OS/c1-10-9-19-22(4)15(10)13-8-14-16(20-17(13)24-5)21-18(25-14)23-11(2)6-7-12(23)3/h6-9H,1-5H3. The Labute approximate surface area is 149 Å². The van der Waals surface area contributed by atoms with E-state index >= 15 is 0 Å². The number of aromatic nitrogens is 5. The predicted octanol–water partition coefficient (Wildman–Crippen LogP) is 3.82. The molecule has 0 aromatic carbocycles. The van der Waals surface area contributed by atoms with Crippen molar-refractivity contribution in [1.82, 2.24) is 24.3 Å². The second kappa shape index (κ2) is 5.70. The molecule has 0 amide bonds. The van der Waals surface area contributed by atoms with E-state index in [0.717, 1.165) is 38.0 Å². The summed E-state index contributed by atoms with van der Waals surface area (Å²) < 4.78 is 10.6. The molecule has 0 aliphatic heterocycles. The van der Waals surface area contributed by atoms with Gasteiger partial charge < -0.3 is 4.74 Å². The van der Waals surface area contributed by atoms with Crippen LogP contribution in [0, 0.1) is 20.8 Å². The van der Waals surface area contributed by atoms with Crippen molar-refractivity contribution in [2.24, 2.45) is 7.05 Å². The fourth-order valence-corrected chi connectivity index (χ4v) is 4.23. The van der Waals surface area contributed by atoms with Crippen molar-refractivity contribution in [3.63, 3.8) is 0 Å². The quantitative estimate of drug-likeness (QED) is 0.562. The number of fused-ring (bicyclic) bond motifs is 1. The van der Waals surface area contributed by atoms with Gasteiger partial charge in [0.05, 0.1) is 29.3 Å². The third-order valence-electron chi connectivity index (χ3n) is 4.37. The maximum atomic E-state index is 5.54. The molecule has 0 fully saturated rings. The van der Waals surface area contributed by atoms with Gasteiger partial charge in [-0.1, -0.05) is 11.3 Å². The Bertz CT molecular complexity index is 1050. The normalized spacial score (nSPS) is 11.4. The molecule has 0 saturated carbocycles. The van der Waals surface area contributed by atoms with E-state index in [1.165, 1.54) is 0 Å². The van der Waals surface area contributed by atoms with Crippen LogP contribution < -0.4 is 4.74 Å². The lowest BCUT2D eigenvalue weighted by molar-refractivity contribution is 0.400. The Hall–Kier alpha value is -2.67. The smallest absolute Gasteiger partial charge is 0.224 e. The average Bonchev–Trinajstić information content (AvgIpc) is 3.23. The van der Waals surface area contributed by atoms with Gasteiger partial charge in [-0.3, -0.25) is 9.25 Å². The number of aryl methyl sites for hydroxylation is 4. The summed E-state index contributed by atoms with van der Waals surface area (Å²) in [5, 5.41) is 5.25. The minimum absolute atomic E-state index is 0.567. The molecular weight excluding hydrogens is 334 g/mol. The zero-order valence-corrected chi connectivity index (χ0v) is 15.7. The molecule has 0 unspecified atom stereocenters. The maximum absolute atomic E-state index is 5.54. The van der Waals surface area contributed by atoms with E-state index in [1.54, 1.807) is 18.4 Å². The molecule has 0 atom stereocenters. The summed E-state index contributed by atoms with van der Waals surface area (Å²) in [5.41, 5.74) is 6.05. The summed E-state index contributed by atoms with van der Waals surface area (Å²) in [4.78, 5) is 9.37. The van der Waals surface area contributed by atoms with Gasteiger partial charge in [-0.05, 0) is 44.5 Å². The van der Waals surface area contributed by atoms with E-state index in [0.29, 0.717) is 11.5 Å². The molecule has 4 aromatic heterocycles. The summed E-state index contributed by atoms with van der Waals surface area (Å²) >= 11 is 1.63. The Morgan fingerprint density at radius 3 is 2.40 bits per heavy atom. The Morgan fingerprint density at radius 1 is 1.08 bits per heavy atom. The fraction of sp³-hybridized carbons (Fsp3) is 0.278. The number of ether oxygens (including phenoxy) is 1. The van der Waals surface area contributed by atoms with Gasteiger partial charge in [0, 0.05) is 18.4 Å². The molecule has 0 N–H and O–H groups in total. The second-order valence-electron chi connectivity index (χ2n) is 6.11. The molecule has 4 rings (SSSR count). The third kappa shape index (κ3) is 2.42. The monoisotopic (exact) mass is 353 g/mol. The summed E-state index contributed by atoms with van der Waals surface area (Å²) in [6.07, 6.45) is 1.85. The van der Waals surface area contributed by atoms with Gasteiger partial charge in [0.2, 0.25) is 5.88 Å². The van der Waals surface area contributed by atoms with Gasteiger partial charge in [-0.25, -0.2) is 0 Å². The number of hydrogen-bond donors (Lipinski definition) is 0. The van der Waals surface area contributed by atoms with Crippen LogP contribution in [0.4, 0.5) is 0 Å². The van der Waals surface area contributed by atoms with Gasteiger partial charge in [0.25, 0.3) is 0 Å². The highest BCUT2D eigenvalue weighted by Gasteiger charge is 2.18. The minimum Gasteiger partial charge on any atom is -0.480 e. The first kappa shape index (κ1) is 15.8. The van der Waals surface area contributed by atoms with Crippen molar-refractivity contribution >= 4 is 21.7 Å². The summed E-state index contributed by atoms with van der Waals surface area (Å²) in [6, 6.07) is 6.29. The molecule has 4 aromatic rings. The SMILES string of the molecule is COc1nc2nc(-n3c(C)ccc3C)sc2cc1-c1c(C)cnn1C. The zero-order chi connectivity index (χ0) is 17.7. The number of rotatable bonds is 3. The summed E-state index contributed by atoms with van der Waals surface area (Å²) in [5.74, 6) is 0.567. The topological polar surface area (TPSA) is 57.8 Å².